The molecule has 1 aliphatic heterocycles. The van der Waals surface area contributed by atoms with Crippen molar-refractivity contribution in [2.45, 2.75) is 55.9 Å². The number of carbonyl (C=O) groups is 1. The number of esters is 1. The van der Waals surface area contributed by atoms with Gasteiger partial charge in [-0.1, -0.05) is 6.42 Å². The average molecular weight is 381 g/mol. The van der Waals surface area contributed by atoms with Gasteiger partial charge in [-0.05, 0) is 62.8 Å². The first-order valence-corrected chi connectivity index (χ1v) is 10.8. The summed E-state index contributed by atoms with van der Waals surface area (Å²) in [7, 11) is -2.08. The quantitative estimate of drug-likeness (QED) is 0.733. The molecule has 1 heterocycles. The van der Waals surface area contributed by atoms with Gasteiger partial charge >= 0.3 is 5.97 Å². The highest BCUT2D eigenvalue weighted by Crippen LogP contribution is 2.27. The molecule has 0 N–H and O–H groups in total. The number of rotatable bonds is 5. The highest BCUT2D eigenvalue weighted by molar-refractivity contribution is 7.89. The Morgan fingerprint density at radius 1 is 1.04 bits per heavy atom. The number of hydrogen-bond donors (Lipinski definition) is 0. The molecule has 1 saturated carbocycles. The van der Waals surface area contributed by atoms with Crippen LogP contribution in [0.3, 0.4) is 0 Å². The third-order valence-corrected chi connectivity index (χ3v) is 7.13. The van der Waals surface area contributed by atoms with Crippen LogP contribution in [0, 0.1) is 5.92 Å². The van der Waals surface area contributed by atoms with Crippen molar-refractivity contribution in [1.29, 1.82) is 0 Å². The Bertz CT molecular complexity index is 710. The Balaban J connectivity index is 1.65. The van der Waals surface area contributed by atoms with E-state index >= 15 is 0 Å². The van der Waals surface area contributed by atoms with E-state index in [0.29, 0.717) is 25.1 Å². The summed E-state index contributed by atoms with van der Waals surface area (Å²) in [4.78, 5) is 12.7. The Morgan fingerprint density at radius 2 is 1.73 bits per heavy atom. The van der Waals surface area contributed by atoms with E-state index in [9.17, 15) is 13.2 Å². The molecule has 1 aliphatic carbocycles. The molecule has 1 aromatic carbocycles. The highest BCUT2D eigenvalue weighted by atomic mass is 32.2. The normalized spacial score (nSPS) is 22.7. The van der Waals surface area contributed by atoms with Gasteiger partial charge in [-0.15, -0.1) is 0 Å². The zero-order valence-electron chi connectivity index (χ0n) is 15.2. The van der Waals surface area contributed by atoms with E-state index in [4.69, 9.17) is 9.47 Å². The van der Waals surface area contributed by atoms with E-state index < -0.39 is 10.0 Å². The fourth-order valence-electron chi connectivity index (χ4n) is 3.69. The van der Waals surface area contributed by atoms with Crippen LogP contribution in [0.1, 0.15) is 44.9 Å². The van der Waals surface area contributed by atoms with Crippen molar-refractivity contribution in [3.63, 3.8) is 0 Å². The van der Waals surface area contributed by atoms with Crippen molar-refractivity contribution in [3.8, 4) is 5.75 Å². The largest absolute Gasteiger partial charge is 0.497 e. The third-order valence-electron chi connectivity index (χ3n) is 5.25. The van der Waals surface area contributed by atoms with Gasteiger partial charge in [-0.25, -0.2) is 8.42 Å². The van der Waals surface area contributed by atoms with Crippen LogP contribution in [0.2, 0.25) is 0 Å². The first-order valence-electron chi connectivity index (χ1n) is 9.35. The second-order valence-corrected chi connectivity index (χ2v) is 9.01. The zero-order chi connectivity index (χ0) is 18.6. The van der Waals surface area contributed by atoms with Crippen molar-refractivity contribution >= 4 is 16.0 Å². The van der Waals surface area contributed by atoms with Crippen LogP contribution in [-0.2, 0) is 19.6 Å². The first kappa shape index (κ1) is 19.2. The maximum absolute atomic E-state index is 12.9. The second kappa shape index (κ2) is 8.39. The van der Waals surface area contributed by atoms with Crippen molar-refractivity contribution in [3.05, 3.63) is 24.3 Å². The molecule has 0 aromatic heterocycles. The van der Waals surface area contributed by atoms with Crippen LogP contribution in [0.25, 0.3) is 0 Å². The summed E-state index contributed by atoms with van der Waals surface area (Å²) in [5.74, 6) is -0.0123. The van der Waals surface area contributed by atoms with Crippen LogP contribution in [0.15, 0.2) is 29.2 Å². The van der Waals surface area contributed by atoms with Gasteiger partial charge in [0.1, 0.15) is 11.9 Å². The van der Waals surface area contributed by atoms with E-state index in [1.165, 1.54) is 30.0 Å². The van der Waals surface area contributed by atoms with E-state index in [1.54, 1.807) is 12.1 Å². The first-order chi connectivity index (χ1) is 12.5. The van der Waals surface area contributed by atoms with Crippen LogP contribution in [0.5, 0.6) is 5.75 Å². The minimum Gasteiger partial charge on any atom is -0.497 e. The van der Waals surface area contributed by atoms with Gasteiger partial charge in [0, 0.05) is 13.1 Å². The maximum Gasteiger partial charge on any atom is 0.310 e. The molecule has 6 nitrogen and oxygen atoms in total. The number of hydrogen-bond acceptors (Lipinski definition) is 5. The number of methoxy groups -OCH3 is 1. The van der Waals surface area contributed by atoms with Crippen molar-refractivity contribution in [2.24, 2.45) is 5.92 Å². The van der Waals surface area contributed by atoms with Gasteiger partial charge in [0.15, 0.2) is 0 Å². The Labute approximate surface area is 155 Å². The topological polar surface area (TPSA) is 72.9 Å². The molecule has 7 heteroatoms. The van der Waals surface area contributed by atoms with E-state index in [1.807, 2.05) is 0 Å². The molecule has 144 valence electrons. The number of benzene rings is 1. The summed E-state index contributed by atoms with van der Waals surface area (Å²) in [6.45, 7) is 0.626. The van der Waals surface area contributed by atoms with E-state index in [-0.39, 0.29) is 29.4 Å². The van der Waals surface area contributed by atoms with Gasteiger partial charge in [-0.2, -0.15) is 4.31 Å². The molecule has 0 radical (unpaired) electrons. The molecule has 2 aliphatic rings. The molecule has 0 unspecified atom stereocenters. The van der Waals surface area contributed by atoms with Crippen LogP contribution in [0.4, 0.5) is 0 Å². The molecule has 3 rings (SSSR count). The monoisotopic (exact) mass is 381 g/mol. The van der Waals surface area contributed by atoms with Crippen molar-refractivity contribution < 1.29 is 22.7 Å². The summed E-state index contributed by atoms with van der Waals surface area (Å²) >= 11 is 0. The fourth-order valence-corrected chi connectivity index (χ4v) is 5.22. The number of piperidine rings is 1. The van der Waals surface area contributed by atoms with Crippen molar-refractivity contribution in [1.82, 2.24) is 4.31 Å². The molecular weight excluding hydrogens is 354 g/mol. The van der Waals surface area contributed by atoms with Crippen LogP contribution < -0.4 is 4.74 Å². The second-order valence-electron chi connectivity index (χ2n) is 7.07. The highest BCUT2D eigenvalue weighted by Gasteiger charge is 2.35. The third kappa shape index (κ3) is 4.38. The minimum atomic E-state index is -3.62. The number of sulfonamides is 1. The Morgan fingerprint density at radius 3 is 2.38 bits per heavy atom. The summed E-state index contributed by atoms with van der Waals surface area (Å²) in [5, 5.41) is 0. The lowest BCUT2D eigenvalue weighted by Gasteiger charge is -2.32. The summed E-state index contributed by atoms with van der Waals surface area (Å²) in [6.07, 6.45) is 6.59. The molecule has 2 fully saturated rings. The Kier molecular flexibility index (Phi) is 6.19. The maximum atomic E-state index is 12.9. The predicted molar refractivity (Wildman–Crippen MR) is 97.4 cm³/mol. The van der Waals surface area contributed by atoms with E-state index in [0.717, 1.165) is 25.7 Å². The number of nitrogens with zero attached hydrogens (tertiary/aromatic N) is 1. The fraction of sp³-hybridized carbons (Fsp3) is 0.632. The van der Waals surface area contributed by atoms with E-state index in [2.05, 4.69) is 0 Å². The van der Waals surface area contributed by atoms with Gasteiger partial charge in [-0.3, -0.25) is 4.79 Å². The van der Waals surface area contributed by atoms with Gasteiger partial charge < -0.3 is 9.47 Å². The molecular formula is C19H27NO5S. The molecule has 1 saturated heterocycles. The predicted octanol–water partition coefficient (Wildman–Crippen LogP) is 2.97. The van der Waals surface area contributed by atoms with Crippen LogP contribution >= 0.6 is 0 Å². The summed E-state index contributed by atoms with van der Waals surface area (Å²) < 4.78 is 37.9. The van der Waals surface area contributed by atoms with Gasteiger partial charge in [0.25, 0.3) is 0 Å². The average Bonchev–Trinajstić information content (AvgIpc) is 2.69. The minimum absolute atomic E-state index is 0.00446. The lowest BCUT2D eigenvalue weighted by Crippen LogP contribution is -2.43. The van der Waals surface area contributed by atoms with Crippen LogP contribution in [-0.4, -0.2) is 45.0 Å². The summed E-state index contributed by atoms with van der Waals surface area (Å²) in [6, 6.07) is 6.34. The molecule has 26 heavy (non-hydrogen) atoms. The molecule has 1 atom stereocenters. The van der Waals surface area contributed by atoms with Gasteiger partial charge in [0.2, 0.25) is 10.0 Å². The standard InChI is InChI=1S/C19H27NO5S/c1-24-16-9-11-18(12-10-16)26(22,23)20-13-5-6-15(14-20)19(21)25-17-7-3-2-4-8-17/h9-12,15,17H,2-8,13-14H2,1H3/t15-/m0/s1. The molecule has 0 spiro atoms. The molecule has 0 amide bonds. The SMILES string of the molecule is COc1ccc(S(=O)(=O)N2CCC[C@H](C(=O)OC3CCCCC3)C2)cc1. The number of ether oxygens (including phenoxy) is 2. The Hall–Kier alpha value is -1.60. The van der Waals surface area contributed by atoms with Gasteiger partial charge in [0.05, 0.1) is 17.9 Å². The number of carbonyl (C=O) groups excluding carboxylic acids is 1. The summed E-state index contributed by atoms with van der Waals surface area (Å²) in [5.41, 5.74) is 0. The van der Waals surface area contributed by atoms with Crippen molar-refractivity contribution in [2.75, 3.05) is 20.2 Å². The zero-order valence-corrected chi connectivity index (χ0v) is 16.0. The lowest BCUT2D eigenvalue weighted by molar-refractivity contribution is -0.156. The smallest absolute Gasteiger partial charge is 0.310 e. The molecule has 0 bridgehead atoms. The lowest BCUT2D eigenvalue weighted by atomic mass is 9.96. The molecule has 1 aromatic rings.